The van der Waals surface area contributed by atoms with Gasteiger partial charge in [-0.2, -0.15) is 0 Å². The minimum atomic E-state index is 0.589. The molecule has 0 saturated carbocycles. The molecule has 1 heterocycles. The van der Waals surface area contributed by atoms with E-state index in [0.29, 0.717) is 5.92 Å². The zero-order chi connectivity index (χ0) is 11.7. The summed E-state index contributed by atoms with van der Waals surface area (Å²) in [5.41, 5.74) is 7.07. The molecule has 0 bridgehead atoms. The van der Waals surface area contributed by atoms with Crippen molar-refractivity contribution in [1.82, 2.24) is 4.98 Å². The van der Waals surface area contributed by atoms with Crippen LogP contribution < -0.4 is 0 Å². The third kappa shape index (κ3) is 2.03. The summed E-state index contributed by atoms with van der Waals surface area (Å²) in [5, 5.41) is 0. The maximum absolute atomic E-state index is 4.42. The van der Waals surface area contributed by atoms with E-state index >= 15 is 0 Å². The van der Waals surface area contributed by atoms with Gasteiger partial charge in [0.25, 0.3) is 0 Å². The van der Waals surface area contributed by atoms with Crippen molar-refractivity contribution in [2.24, 2.45) is 0 Å². The molecule has 2 aromatic rings. The van der Waals surface area contributed by atoms with Crippen molar-refractivity contribution in [2.45, 2.75) is 33.6 Å². The van der Waals surface area contributed by atoms with Gasteiger partial charge < -0.3 is 0 Å². The molecule has 0 aliphatic carbocycles. The summed E-state index contributed by atoms with van der Waals surface area (Å²) in [4.78, 5) is 5.71. The zero-order valence-electron chi connectivity index (χ0n) is 10.2. The molecule has 0 unspecified atom stereocenters. The van der Waals surface area contributed by atoms with Crippen LogP contribution in [0.5, 0.6) is 0 Å². The maximum atomic E-state index is 4.42. The first-order chi connectivity index (χ1) is 7.59. The van der Waals surface area contributed by atoms with Crippen LogP contribution in [0.4, 0.5) is 0 Å². The molecule has 0 radical (unpaired) electrons. The number of aromatic nitrogens is 1. The first kappa shape index (κ1) is 11.3. The van der Waals surface area contributed by atoms with Crippen LogP contribution in [0, 0.1) is 13.8 Å². The number of aryl methyl sites for hydroxylation is 2. The molecule has 0 amide bonds. The second-order valence-corrected chi connectivity index (χ2v) is 5.54. The lowest BCUT2D eigenvalue weighted by atomic mass is 9.95. The summed E-state index contributed by atoms with van der Waals surface area (Å²) >= 11 is 1.70. The van der Waals surface area contributed by atoms with Gasteiger partial charge in [0.2, 0.25) is 0 Å². The van der Waals surface area contributed by atoms with E-state index in [4.69, 9.17) is 0 Å². The van der Waals surface area contributed by atoms with Crippen LogP contribution in [0.25, 0.3) is 11.3 Å². The van der Waals surface area contributed by atoms with Gasteiger partial charge in [-0.3, -0.25) is 0 Å². The van der Waals surface area contributed by atoms with Gasteiger partial charge >= 0.3 is 0 Å². The Kier molecular flexibility index (Phi) is 3.10. The Morgan fingerprint density at radius 3 is 2.44 bits per heavy atom. The van der Waals surface area contributed by atoms with E-state index in [-0.39, 0.29) is 0 Å². The molecule has 0 saturated heterocycles. The quantitative estimate of drug-likeness (QED) is 0.739. The molecule has 1 nitrogen and oxygen atoms in total. The molecule has 0 aliphatic rings. The largest absolute Gasteiger partial charge is 0.244 e. The highest BCUT2D eigenvalue weighted by molar-refractivity contribution is 7.10. The third-order valence-corrected chi connectivity index (χ3v) is 3.67. The van der Waals surface area contributed by atoms with Crippen LogP contribution in [-0.4, -0.2) is 4.98 Å². The number of benzene rings is 1. The number of rotatable bonds is 2. The second kappa shape index (κ2) is 4.38. The van der Waals surface area contributed by atoms with Gasteiger partial charge in [0.15, 0.2) is 0 Å². The molecular weight excluding hydrogens is 214 g/mol. The molecule has 0 aliphatic heterocycles. The minimum Gasteiger partial charge on any atom is -0.244 e. The van der Waals surface area contributed by atoms with Gasteiger partial charge in [-0.15, -0.1) is 11.3 Å². The first-order valence-corrected chi connectivity index (χ1v) is 6.48. The molecule has 16 heavy (non-hydrogen) atoms. The van der Waals surface area contributed by atoms with E-state index in [2.05, 4.69) is 50.9 Å². The summed E-state index contributed by atoms with van der Waals surface area (Å²) in [6, 6.07) is 6.66. The molecule has 2 heteroatoms. The predicted octanol–water partition coefficient (Wildman–Crippen LogP) is 4.55. The SMILES string of the molecule is Cc1cc(-c2ncsc2C)ccc1C(C)C. The minimum absolute atomic E-state index is 0.589. The number of hydrogen-bond donors (Lipinski definition) is 0. The third-order valence-electron chi connectivity index (χ3n) is 2.91. The van der Waals surface area contributed by atoms with E-state index in [1.807, 2.05) is 5.51 Å². The van der Waals surface area contributed by atoms with Gasteiger partial charge in [-0.25, -0.2) is 4.98 Å². The van der Waals surface area contributed by atoms with Crippen molar-refractivity contribution in [3.05, 3.63) is 39.7 Å². The molecule has 0 N–H and O–H groups in total. The normalized spacial score (nSPS) is 11.1. The van der Waals surface area contributed by atoms with E-state index in [1.54, 1.807) is 11.3 Å². The van der Waals surface area contributed by atoms with Gasteiger partial charge in [-0.1, -0.05) is 26.0 Å². The lowest BCUT2D eigenvalue weighted by Gasteiger charge is -2.10. The van der Waals surface area contributed by atoms with Crippen LogP contribution in [0.2, 0.25) is 0 Å². The average molecular weight is 231 g/mol. The highest BCUT2D eigenvalue weighted by Gasteiger charge is 2.08. The van der Waals surface area contributed by atoms with Crippen LogP contribution in [0.3, 0.4) is 0 Å². The molecule has 0 spiro atoms. The van der Waals surface area contributed by atoms with Crippen molar-refractivity contribution >= 4 is 11.3 Å². The summed E-state index contributed by atoms with van der Waals surface area (Å²) in [6.07, 6.45) is 0. The molecule has 1 aromatic heterocycles. The van der Waals surface area contributed by atoms with Gasteiger partial charge in [0, 0.05) is 10.4 Å². The standard InChI is InChI=1S/C14H17NS/c1-9(2)13-6-5-12(7-10(13)3)14-11(4)16-8-15-14/h5-9H,1-4H3. The Labute approximate surface area is 101 Å². The molecular formula is C14H17NS. The summed E-state index contributed by atoms with van der Waals surface area (Å²) in [7, 11) is 0. The molecule has 0 atom stereocenters. The number of thiazole rings is 1. The maximum Gasteiger partial charge on any atom is 0.0840 e. The Bertz CT molecular complexity index is 497. The predicted molar refractivity (Wildman–Crippen MR) is 71.1 cm³/mol. The number of nitrogens with zero attached hydrogens (tertiary/aromatic N) is 1. The smallest absolute Gasteiger partial charge is 0.0840 e. The van der Waals surface area contributed by atoms with E-state index in [9.17, 15) is 0 Å². The van der Waals surface area contributed by atoms with Crippen molar-refractivity contribution < 1.29 is 0 Å². The fraction of sp³-hybridized carbons (Fsp3) is 0.357. The average Bonchev–Trinajstić information content (AvgIpc) is 2.63. The Balaban J connectivity index is 2.46. The van der Waals surface area contributed by atoms with E-state index in [1.165, 1.54) is 21.6 Å². The highest BCUT2D eigenvalue weighted by atomic mass is 32.1. The van der Waals surface area contributed by atoms with Crippen LogP contribution in [0.15, 0.2) is 23.7 Å². The molecule has 1 aromatic carbocycles. The topological polar surface area (TPSA) is 12.9 Å². The van der Waals surface area contributed by atoms with E-state index < -0.39 is 0 Å². The van der Waals surface area contributed by atoms with Gasteiger partial charge in [0.1, 0.15) is 0 Å². The van der Waals surface area contributed by atoms with Gasteiger partial charge in [0.05, 0.1) is 11.2 Å². The van der Waals surface area contributed by atoms with Crippen molar-refractivity contribution in [3.63, 3.8) is 0 Å². The fourth-order valence-corrected chi connectivity index (χ4v) is 2.65. The van der Waals surface area contributed by atoms with Crippen molar-refractivity contribution in [1.29, 1.82) is 0 Å². The summed E-state index contributed by atoms with van der Waals surface area (Å²) < 4.78 is 0. The molecule has 84 valence electrons. The lowest BCUT2D eigenvalue weighted by Crippen LogP contribution is -1.92. The Morgan fingerprint density at radius 1 is 1.19 bits per heavy atom. The first-order valence-electron chi connectivity index (χ1n) is 5.60. The van der Waals surface area contributed by atoms with Gasteiger partial charge in [-0.05, 0) is 37.0 Å². The second-order valence-electron chi connectivity index (χ2n) is 4.48. The Morgan fingerprint density at radius 2 is 1.94 bits per heavy atom. The zero-order valence-corrected chi connectivity index (χ0v) is 11.1. The summed E-state index contributed by atoms with van der Waals surface area (Å²) in [6.45, 7) is 8.77. The van der Waals surface area contributed by atoms with E-state index in [0.717, 1.165) is 5.69 Å². The monoisotopic (exact) mass is 231 g/mol. The number of hydrogen-bond acceptors (Lipinski definition) is 2. The molecule has 2 rings (SSSR count). The molecule has 0 fully saturated rings. The fourth-order valence-electron chi connectivity index (χ4n) is 2.05. The van der Waals surface area contributed by atoms with Crippen LogP contribution in [-0.2, 0) is 0 Å². The van der Waals surface area contributed by atoms with Crippen LogP contribution in [0.1, 0.15) is 35.8 Å². The highest BCUT2D eigenvalue weighted by Crippen LogP contribution is 2.28. The van der Waals surface area contributed by atoms with Crippen molar-refractivity contribution in [3.8, 4) is 11.3 Å². The van der Waals surface area contributed by atoms with Crippen molar-refractivity contribution in [2.75, 3.05) is 0 Å². The van der Waals surface area contributed by atoms with Crippen LogP contribution >= 0.6 is 11.3 Å². The summed E-state index contributed by atoms with van der Waals surface area (Å²) in [5.74, 6) is 0.589. The Hall–Kier alpha value is -1.15. The lowest BCUT2D eigenvalue weighted by molar-refractivity contribution is 0.857.